The van der Waals surface area contributed by atoms with Crippen molar-refractivity contribution in [3.8, 4) is 11.1 Å². The summed E-state index contributed by atoms with van der Waals surface area (Å²) in [7, 11) is 0. The van der Waals surface area contributed by atoms with Gasteiger partial charge in [-0.05, 0) is 36.6 Å². The number of carbonyl (C=O) groups excluding carboxylic acids is 1. The molecule has 2 aromatic rings. The lowest BCUT2D eigenvalue weighted by Crippen LogP contribution is -2.07. The highest BCUT2D eigenvalue weighted by Gasteiger charge is 2.31. The van der Waals surface area contributed by atoms with Gasteiger partial charge in [-0.2, -0.15) is 0 Å². The Morgan fingerprint density at radius 3 is 2.32 bits per heavy atom. The Morgan fingerprint density at radius 1 is 0.947 bits per heavy atom. The number of carboxylic acid groups (broad SMARTS) is 1. The topological polar surface area (TPSA) is 54.4 Å². The first kappa shape index (κ1) is 11.7. The second-order valence-corrected chi connectivity index (χ2v) is 4.92. The van der Waals surface area contributed by atoms with Gasteiger partial charge in [-0.25, -0.2) is 4.79 Å². The zero-order valence-electron chi connectivity index (χ0n) is 10.7. The van der Waals surface area contributed by atoms with E-state index in [1.165, 1.54) is 0 Å². The third-order valence-corrected chi connectivity index (χ3v) is 3.45. The van der Waals surface area contributed by atoms with Crippen LogP contribution in [0.15, 0.2) is 30.3 Å². The third-order valence-electron chi connectivity index (χ3n) is 3.45. The molecular weight excluding hydrogens is 240 g/mol. The number of benzene rings is 2. The molecule has 3 heteroatoms. The van der Waals surface area contributed by atoms with Crippen LogP contribution >= 0.6 is 0 Å². The lowest BCUT2D eigenvalue weighted by molar-refractivity contribution is 0.0693. The highest BCUT2D eigenvalue weighted by atomic mass is 16.4. The Kier molecular flexibility index (Phi) is 2.32. The molecule has 0 bridgehead atoms. The van der Waals surface area contributed by atoms with Crippen LogP contribution in [-0.2, 0) is 0 Å². The Balaban J connectivity index is 2.40. The quantitative estimate of drug-likeness (QED) is 0.723. The summed E-state index contributed by atoms with van der Waals surface area (Å²) in [6.45, 7) is 3.79. The maximum atomic E-state index is 12.4. The molecule has 0 saturated heterocycles. The van der Waals surface area contributed by atoms with Crippen molar-refractivity contribution < 1.29 is 14.7 Å². The summed E-state index contributed by atoms with van der Waals surface area (Å²) in [4.78, 5) is 23.7. The molecule has 1 aliphatic rings. The van der Waals surface area contributed by atoms with Gasteiger partial charge in [0.15, 0.2) is 5.78 Å². The number of hydrogen-bond acceptors (Lipinski definition) is 2. The van der Waals surface area contributed by atoms with E-state index in [1.807, 2.05) is 32.0 Å². The first-order valence-corrected chi connectivity index (χ1v) is 6.02. The number of carboxylic acids is 1. The maximum Gasteiger partial charge on any atom is 0.336 e. The molecule has 0 heterocycles. The van der Waals surface area contributed by atoms with Crippen LogP contribution in [0.4, 0.5) is 0 Å². The van der Waals surface area contributed by atoms with Crippen molar-refractivity contribution in [1.82, 2.24) is 0 Å². The first-order chi connectivity index (χ1) is 8.99. The van der Waals surface area contributed by atoms with E-state index in [2.05, 4.69) is 0 Å². The molecule has 0 aliphatic heterocycles. The number of carbonyl (C=O) groups is 2. The van der Waals surface area contributed by atoms with Gasteiger partial charge in [-0.1, -0.05) is 29.8 Å². The molecule has 3 nitrogen and oxygen atoms in total. The minimum absolute atomic E-state index is 0.0915. The fraction of sp³-hybridized carbons (Fsp3) is 0.125. The van der Waals surface area contributed by atoms with Crippen LogP contribution in [0.2, 0.25) is 0 Å². The van der Waals surface area contributed by atoms with Crippen LogP contribution in [-0.4, -0.2) is 16.9 Å². The zero-order chi connectivity index (χ0) is 13.7. The average molecular weight is 252 g/mol. The molecule has 2 aromatic carbocycles. The summed E-state index contributed by atoms with van der Waals surface area (Å²) >= 11 is 0. The molecule has 0 atom stereocenters. The summed E-state index contributed by atoms with van der Waals surface area (Å²) < 4.78 is 0. The second-order valence-electron chi connectivity index (χ2n) is 4.92. The van der Waals surface area contributed by atoms with Crippen LogP contribution < -0.4 is 0 Å². The van der Waals surface area contributed by atoms with Crippen molar-refractivity contribution >= 4 is 11.8 Å². The summed E-state index contributed by atoms with van der Waals surface area (Å²) in [6, 6.07) is 9.01. The largest absolute Gasteiger partial charge is 0.478 e. The molecule has 0 aromatic heterocycles. The third kappa shape index (κ3) is 1.58. The van der Waals surface area contributed by atoms with Crippen LogP contribution in [0, 0.1) is 13.8 Å². The minimum Gasteiger partial charge on any atom is -0.478 e. The molecule has 1 N–H and O–H groups in total. The Morgan fingerprint density at radius 2 is 1.63 bits per heavy atom. The molecule has 0 amide bonds. The van der Waals surface area contributed by atoms with Crippen molar-refractivity contribution in [3.05, 3.63) is 58.1 Å². The normalized spacial score (nSPS) is 12.2. The molecule has 19 heavy (non-hydrogen) atoms. The monoisotopic (exact) mass is 252 g/mol. The van der Waals surface area contributed by atoms with Gasteiger partial charge in [0, 0.05) is 11.1 Å². The van der Waals surface area contributed by atoms with E-state index in [-0.39, 0.29) is 11.3 Å². The molecule has 1 aliphatic carbocycles. The summed E-state index contributed by atoms with van der Waals surface area (Å²) in [6.07, 6.45) is 0. The Hall–Kier alpha value is -2.42. The van der Waals surface area contributed by atoms with E-state index in [0.29, 0.717) is 11.1 Å². The van der Waals surface area contributed by atoms with Crippen LogP contribution in [0.3, 0.4) is 0 Å². The van der Waals surface area contributed by atoms with E-state index in [4.69, 9.17) is 0 Å². The van der Waals surface area contributed by atoms with Gasteiger partial charge in [-0.15, -0.1) is 0 Å². The fourth-order valence-corrected chi connectivity index (χ4v) is 2.63. The number of rotatable bonds is 1. The summed E-state index contributed by atoms with van der Waals surface area (Å²) in [5.41, 5.74) is 4.48. The predicted octanol–water partition coefficient (Wildman–Crippen LogP) is 3.21. The highest BCUT2D eigenvalue weighted by Crippen LogP contribution is 2.39. The minimum atomic E-state index is -1.06. The lowest BCUT2D eigenvalue weighted by Gasteiger charge is -2.05. The molecule has 0 unspecified atom stereocenters. The van der Waals surface area contributed by atoms with E-state index in [1.54, 1.807) is 12.1 Å². The smallest absolute Gasteiger partial charge is 0.336 e. The molecule has 0 spiro atoms. The van der Waals surface area contributed by atoms with Gasteiger partial charge in [0.05, 0.1) is 5.56 Å². The van der Waals surface area contributed by atoms with Gasteiger partial charge in [0.1, 0.15) is 0 Å². The van der Waals surface area contributed by atoms with Crippen molar-refractivity contribution in [3.63, 3.8) is 0 Å². The zero-order valence-corrected chi connectivity index (χ0v) is 10.7. The first-order valence-electron chi connectivity index (χ1n) is 6.02. The average Bonchev–Trinajstić information content (AvgIpc) is 2.62. The summed E-state index contributed by atoms with van der Waals surface area (Å²) in [5.74, 6) is -1.25. The highest BCUT2D eigenvalue weighted by molar-refractivity contribution is 6.25. The molecule has 0 fully saturated rings. The molecule has 3 rings (SSSR count). The van der Waals surface area contributed by atoms with Gasteiger partial charge < -0.3 is 5.11 Å². The SMILES string of the molecule is Cc1ccc2c(c1)-c1cc(C)cc(C(=O)O)c1C2=O. The van der Waals surface area contributed by atoms with E-state index < -0.39 is 5.97 Å². The van der Waals surface area contributed by atoms with E-state index >= 15 is 0 Å². The van der Waals surface area contributed by atoms with Crippen molar-refractivity contribution in [2.45, 2.75) is 13.8 Å². The molecule has 0 saturated carbocycles. The predicted molar refractivity (Wildman–Crippen MR) is 71.7 cm³/mol. The van der Waals surface area contributed by atoms with Crippen molar-refractivity contribution in [2.24, 2.45) is 0 Å². The van der Waals surface area contributed by atoms with Gasteiger partial charge in [0.2, 0.25) is 0 Å². The van der Waals surface area contributed by atoms with Gasteiger partial charge in [-0.3, -0.25) is 4.79 Å². The molecular formula is C16H12O3. The van der Waals surface area contributed by atoms with Crippen LogP contribution in [0.5, 0.6) is 0 Å². The van der Waals surface area contributed by atoms with Gasteiger partial charge in [0.25, 0.3) is 0 Å². The Bertz CT molecular complexity index is 742. The number of hydrogen-bond donors (Lipinski definition) is 1. The molecule has 0 radical (unpaired) electrons. The van der Waals surface area contributed by atoms with Gasteiger partial charge >= 0.3 is 5.97 Å². The maximum absolute atomic E-state index is 12.4. The fourth-order valence-electron chi connectivity index (χ4n) is 2.63. The van der Waals surface area contributed by atoms with Crippen molar-refractivity contribution in [1.29, 1.82) is 0 Å². The van der Waals surface area contributed by atoms with Crippen molar-refractivity contribution in [2.75, 3.05) is 0 Å². The van der Waals surface area contributed by atoms with E-state index in [0.717, 1.165) is 22.3 Å². The number of aryl methyl sites for hydroxylation is 2. The number of aromatic carboxylic acids is 1. The molecule has 94 valence electrons. The second kappa shape index (κ2) is 3.79. The lowest BCUT2D eigenvalue weighted by atomic mass is 9.97. The Labute approximate surface area is 110 Å². The van der Waals surface area contributed by atoms with Crippen LogP contribution in [0.1, 0.15) is 37.4 Å². The summed E-state index contributed by atoms with van der Waals surface area (Å²) in [5, 5.41) is 9.27. The number of fused-ring (bicyclic) bond motifs is 3. The number of ketones is 1. The van der Waals surface area contributed by atoms with Crippen LogP contribution in [0.25, 0.3) is 11.1 Å². The van der Waals surface area contributed by atoms with E-state index in [9.17, 15) is 14.7 Å². The standard InChI is InChI=1S/C16H12O3/c1-8-3-4-10-11(5-8)12-6-9(2)7-13(16(18)19)14(12)15(10)17/h3-7H,1-2H3,(H,18,19).